The molecule has 1 unspecified atom stereocenters. The molecule has 0 saturated heterocycles. The monoisotopic (exact) mass is 864 g/mol. The summed E-state index contributed by atoms with van der Waals surface area (Å²) in [5.74, 6) is 0. The van der Waals surface area contributed by atoms with E-state index >= 15 is 4.57 Å². The first-order chi connectivity index (χ1) is 32.6. The van der Waals surface area contributed by atoms with Crippen LogP contribution in [0.15, 0.2) is 249 Å². The van der Waals surface area contributed by atoms with Crippen molar-refractivity contribution in [3.05, 3.63) is 249 Å². The molecule has 6 heteroatoms. The lowest BCUT2D eigenvalue weighted by molar-refractivity contribution is 0.582. The highest BCUT2D eigenvalue weighted by Crippen LogP contribution is 2.70. The van der Waals surface area contributed by atoms with Crippen LogP contribution in [-0.4, -0.2) is 9.13 Å². The van der Waals surface area contributed by atoms with Gasteiger partial charge >= 0.3 is 7.44 Å². The van der Waals surface area contributed by atoms with E-state index in [4.69, 9.17) is 0 Å². The molecule has 0 radical (unpaired) electrons. The van der Waals surface area contributed by atoms with Crippen LogP contribution in [0.2, 0.25) is 0 Å². The molecule has 0 saturated carbocycles. The lowest BCUT2D eigenvalue weighted by Crippen LogP contribution is -2.26. The average molecular weight is 865 g/mol. The van der Waals surface area contributed by atoms with Crippen molar-refractivity contribution in [2.45, 2.75) is 0 Å². The molecule has 10 aromatic carbocycles. The van der Waals surface area contributed by atoms with Crippen molar-refractivity contribution in [1.29, 1.82) is 0 Å². The van der Waals surface area contributed by atoms with E-state index in [0.29, 0.717) is 0 Å². The molecule has 0 amide bonds. The molecule has 5 nitrogen and oxygen atoms in total. The number of hydrogen-bond donors (Lipinski definition) is 0. The Morgan fingerprint density at radius 2 is 0.758 bits per heavy atom. The van der Waals surface area contributed by atoms with E-state index in [0.717, 1.165) is 83.5 Å². The predicted octanol–water partition coefficient (Wildman–Crippen LogP) is 16.0. The van der Waals surface area contributed by atoms with Crippen molar-refractivity contribution >= 4 is 79.1 Å². The first-order valence-electron chi connectivity index (χ1n) is 22.4. The number of anilines is 4. The Kier molecular flexibility index (Phi) is 8.74. The first-order valence-corrected chi connectivity index (χ1v) is 24.0. The molecule has 0 bridgehead atoms. The lowest BCUT2D eigenvalue weighted by Gasteiger charge is -2.33. The predicted molar refractivity (Wildman–Crippen MR) is 277 cm³/mol. The van der Waals surface area contributed by atoms with Crippen molar-refractivity contribution in [3.63, 3.8) is 0 Å². The van der Waals surface area contributed by atoms with Gasteiger partial charge in [0.1, 0.15) is 0 Å². The van der Waals surface area contributed by atoms with E-state index in [1.807, 2.05) is 66.7 Å². The molecule has 66 heavy (non-hydrogen) atoms. The average Bonchev–Trinajstić information content (AvgIpc) is 4.00. The summed E-state index contributed by atoms with van der Waals surface area (Å²) in [4.78, 5) is 0. The standard InChI is InChI=1S/C60H41N4OP/c65-66(49-27-14-5-15-28-49)63(47-23-10-3-11-24-47)57-38-35-44(41-59(57)64(66)48-25-12-4-13-26-48)50-30-18-32-58-60(50)53-40-43(34-37-56(53)62(58)46-21-8-2-9-22-46)42-33-36-55-52(39-42)51-29-16-17-31-54(51)61(55)45-19-6-1-7-20-45/h1-41H. The molecule has 1 aliphatic rings. The van der Waals surface area contributed by atoms with Crippen molar-refractivity contribution in [1.82, 2.24) is 9.13 Å². The van der Waals surface area contributed by atoms with Crippen LogP contribution >= 0.6 is 7.44 Å². The fourth-order valence-electron chi connectivity index (χ4n) is 10.4. The third-order valence-electron chi connectivity index (χ3n) is 13.2. The molecule has 3 heterocycles. The van der Waals surface area contributed by atoms with Crippen molar-refractivity contribution in [3.8, 4) is 33.6 Å². The number of hydrogen-bond acceptors (Lipinski definition) is 1. The third-order valence-corrected chi connectivity index (χ3v) is 16.2. The number of rotatable bonds is 7. The second-order valence-electron chi connectivity index (χ2n) is 16.9. The maximum atomic E-state index is 16.4. The van der Waals surface area contributed by atoms with Crippen LogP contribution in [0.3, 0.4) is 0 Å². The minimum absolute atomic E-state index is 0.763. The van der Waals surface area contributed by atoms with E-state index in [-0.39, 0.29) is 0 Å². The molecule has 1 atom stereocenters. The van der Waals surface area contributed by atoms with Crippen LogP contribution in [0.1, 0.15) is 0 Å². The van der Waals surface area contributed by atoms with Gasteiger partial charge in [-0.05, 0) is 131 Å². The minimum atomic E-state index is -3.53. The number of benzene rings is 10. The molecule has 2 aromatic heterocycles. The van der Waals surface area contributed by atoms with E-state index in [2.05, 4.69) is 200 Å². The van der Waals surface area contributed by atoms with E-state index < -0.39 is 7.44 Å². The van der Waals surface area contributed by atoms with Crippen molar-refractivity contribution in [2.75, 3.05) is 9.34 Å². The van der Waals surface area contributed by atoms with Crippen molar-refractivity contribution in [2.24, 2.45) is 0 Å². The lowest BCUT2D eigenvalue weighted by atomic mass is 9.96. The fraction of sp³-hybridized carbons (Fsp3) is 0. The number of aromatic nitrogens is 2. The second kappa shape index (κ2) is 15.1. The SMILES string of the molecule is O=P1(c2ccccc2)N(c2ccccc2)c2ccc(-c3cccc4c3c3cc(-c5ccc6c(c5)c5ccccc5n6-c5ccccc5)ccc3n4-c3ccccc3)cc2N1c1ccccc1. The van der Waals surface area contributed by atoms with Crippen LogP contribution in [-0.2, 0) is 4.57 Å². The van der Waals surface area contributed by atoms with Gasteiger partial charge in [-0.2, -0.15) is 0 Å². The van der Waals surface area contributed by atoms with Gasteiger partial charge in [0.05, 0.1) is 38.7 Å². The van der Waals surface area contributed by atoms with Crippen LogP contribution in [0.4, 0.5) is 22.7 Å². The van der Waals surface area contributed by atoms with Gasteiger partial charge in [0.25, 0.3) is 0 Å². The summed E-state index contributed by atoms with van der Waals surface area (Å²) in [5.41, 5.74) is 14.9. The fourth-order valence-corrected chi connectivity index (χ4v) is 13.4. The summed E-state index contributed by atoms with van der Waals surface area (Å²) in [6, 6.07) is 87.3. The van der Waals surface area contributed by atoms with Gasteiger partial charge in [-0.3, -0.25) is 13.9 Å². The summed E-state index contributed by atoms with van der Waals surface area (Å²) in [7, 11) is -3.53. The van der Waals surface area contributed by atoms with Gasteiger partial charge in [0.15, 0.2) is 0 Å². The normalized spacial score (nSPS) is 14.7. The molecule has 0 N–H and O–H groups in total. The largest absolute Gasteiger partial charge is 0.309 e. The molecule has 13 rings (SSSR count). The van der Waals surface area contributed by atoms with Gasteiger partial charge in [-0.1, -0.05) is 140 Å². The summed E-state index contributed by atoms with van der Waals surface area (Å²) in [5, 5.41) is 5.54. The molecule has 0 fully saturated rings. The molecule has 0 spiro atoms. The van der Waals surface area contributed by atoms with Gasteiger partial charge in [-0.15, -0.1) is 0 Å². The summed E-state index contributed by atoms with van der Waals surface area (Å²) in [6.45, 7) is 0. The molecular formula is C60H41N4OP. The highest BCUT2D eigenvalue weighted by molar-refractivity contribution is 7.76. The zero-order valence-electron chi connectivity index (χ0n) is 35.8. The highest BCUT2D eigenvalue weighted by atomic mass is 31.2. The third kappa shape index (κ3) is 5.77. The summed E-state index contributed by atoms with van der Waals surface area (Å²) >= 11 is 0. The van der Waals surface area contributed by atoms with Gasteiger partial charge < -0.3 is 9.13 Å². The number of para-hydroxylation sites is 5. The van der Waals surface area contributed by atoms with Crippen LogP contribution < -0.4 is 14.6 Å². The number of fused-ring (bicyclic) bond motifs is 7. The smallest absolute Gasteiger partial charge is 0.301 e. The Hall–Kier alpha value is -8.37. The Morgan fingerprint density at radius 1 is 0.303 bits per heavy atom. The molecular weight excluding hydrogens is 824 g/mol. The quantitative estimate of drug-likeness (QED) is 0.150. The van der Waals surface area contributed by atoms with E-state index in [9.17, 15) is 0 Å². The second-order valence-corrected chi connectivity index (χ2v) is 19.3. The maximum Gasteiger partial charge on any atom is 0.301 e. The zero-order valence-corrected chi connectivity index (χ0v) is 36.7. The van der Waals surface area contributed by atoms with Gasteiger partial charge in [0.2, 0.25) is 0 Å². The Labute approximate surface area is 382 Å². The zero-order chi connectivity index (χ0) is 43.8. The summed E-state index contributed by atoms with van der Waals surface area (Å²) in [6.07, 6.45) is 0. The highest BCUT2D eigenvalue weighted by Gasteiger charge is 2.49. The minimum Gasteiger partial charge on any atom is -0.309 e. The first kappa shape index (κ1) is 38.1. The molecule has 12 aromatic rings. The topological polar surface area (TPSA) is 33.4 Å². The van der Waals surface area contributed by atoms with E-state index in [1.54, 1.807) is 0 Å². The van der Waals surface area contributed by atoms with Gasteiger partial charge in [0, 0.05) is 44.3 Å². The van der Waals surface area contributed by atoms with Crippen LogP contribution in [0.5, 0.6) is 0 Å². The molecule has 1 aliphatic heterocycles. The Morgan fingerprint density at radius 3 is 1.38 bits per heavy atom. The molecule has 312 valence electrons. The Balaban J connectivity index is 1.04. The van der Waals surface area contributed by atoms with Gasteiger partial charge in [-0.25, -0.2) is 0 Å². The van der Waals surface area contributed by atoms with Crippen LogP contribution in [0, 0.1) is 0 Å². The van der Waals surface area contributed by atoms with Crippen LogP contribution in [0.25, 0.3) is 77.2 Å². The summed E-state index contributed by atoms with van der Waals surface area (Å²) < 4.78 is 25.3. The maximum absolute atomic E-state index is 16.4. The van der Waals surface area contributed by atoms with Crippen molar-refractivity contribution < 1.29 is 4.57 Å². The Bertz CT molecular complexity index is 3850. The van der Waals surface area contributed by atoms with E-state index in [1.165, 1.54) is 21.8 Å². The number of nitrogens with zero attached hydrogens (tertiary/aromatic N) is 4. The molecule has 0 aliphatic carbocycles.